The number of aliphatic carboxylic acids is 1. The van der Waals surface area contributed by atoms with E-state index in [9.17, 15) is 14.7 Å². The zero-order valence-corrected chi connectivity index (χ0v) is 17.7. The Kier molecular flexibility index (Phi) is 5.63. The largest absolute Gasteiger partial charge is 0.478 e. The number of ether oxygens (including phenoxy) is 1. The molecule has 1 amide bonds. The summed E-state index contributed by atoms with van der Waals surface area (Å²) < 4.78 is 5.57. The lowest BCUT2D eigenvalue weighted by molar-refractivity contribution is -0.152. The van der Waals surface area contributed by atoms with Crippen molar-refractivity contribution >= 4 is 22.8 Å². The Morgan fingerprint density at radius 1 is 1.00 bits per heavy atom. The minimum atomic E-state index is -1.27. The molecule has 6 nitrogen and oxygen atoms in total. The standard InChI is InChI=1S/C25H26N2O4/c1-25(2,24(29)30)31-20-10-7-17(8-11-20)18-13-15-27(16-14-18)23(28)22-12-9-19-5-3-4-6-21(19)26-22/h3-12,18H,13-16H2,1-2H3,(H,29,30). The molecule has 0 spiro atoms. The Morgan fingerprint density at radius 3 is 2.35 bits per heavy atom. The van der Waals surface area contributed by atoms with Crippen LogP contribution < -0.4 is 4.74 Å². The number of fused-ring (bicyclic) bond motifs is 1. The van der Waals surface area contributed by atoms with Crippen molar-refractivity contribution in [1.82, 2.24) is 9.88 Å². The smallest absolute Gasteiger partial charge is 0.347 e. The SMILES string of the molecule is CC(C)(Oc1ccc(C2CCN(C(=O)c3ccc4ccccc4n3)CC2)cc1)C(=O)O. The molecule has 1 aliphatic heterocycles. The number of carboxylic acids is 1. The Hall–Kier alpha value is -3.41. The molecule has 1 aromatic heterocycles. The zero-order chi connectivity index (χ0) is 22.0. The third kappa shape index (κ3) is 4.53. The number of pyridine rings is 1. The molecule has 0 unspecified atom stereocenters. The fourth-order valence-electron chi connectivity index (χ4n) is 3.91. The van der Waals surface area contributed by atoms with E-state index >= 15 is 0 Å². The molecule has 31 heavy (non-hydrogen) atoms. The van der Waals surface area contributed by atoms with Crippen LogP contribution in [0.1, 0.15) is 48.7 Å². The second-order valence-corrected chi connectivity index (χ2v) is 8.44. The van der Waals surface area contributed by atoms with Crippen LogP contribution in [0.4, 0.5) is 0 Å². The first-order valence-corrected chi connectivity index (χ1v) is 10.5. The number of benzene rings is 2. The maximum Gasteiger partial charge on any atom is 0.347 e. The summed E-state index contributed by atoms with van der Waals surface area (Å²) in [5.74, 6) is -0.139. The maximum atomic E-state index is 12.9. The summed E-state index contributed by atoms with van der Waals surface area (Å²) >= 11 is 0. The number of amides is 1. The number of hydrogen-bond donors (Lipinski definition) is 1. The van der Waals surface area contributed by atoms with E-state index in [1.54, 1.807) is 6.07 Å². The molecule has 0 saturated carbocycles. The summed E-state index contributed by atoms with van der Waals surface area (Å²) in [5, 5.41) is 10.2. The molecule has 1 fully saturated rings. The lowest BCUT2D eigenvalue weighted by Crippen LogP contribution is -2.38. The van der Waals surface area contributed by atoms with Crippen molar-refractivity contribution in [2.75, 3.05) is 13.1 Å². The Bertz CT molecular complexity index is 1100. The van der Waals surface area contributed by atoms with Gasteiger partial charge in [-0.05, 0) is 62.4 Å². The van der Waals surface area contributed by atoms with Gasteiger partial charge in [0, 0.05) is 18.5 Å². The summed E-state index contributed by atoms with van der Waals surface area (Å²) in [6, 6.07) is 19.1. The molecule has 2 aromatic carbocycles. The number of likely N-dealkylation sites (tertiary alicyclic amines) is 1. The number of piperidine rings is 1. The van der Waals surface area contributed by atoms with Gasteiger partial charge in [0.2, 0.25) is 0 Å². The Labute approximate surface area is 181 Å². The highest BCUT2D eigenvalue weighted by Gasteiger charge is 2.30. The van der Waals surface area contributed by atoms with Crippen LogP contribution in [0.5, 0.6) is 5.75 Å². The summed E-state index contributed by atoms with van der Waals surface area (Å²) in [7, 11) is 0. The van der Waals surface area contributed by atoms with Crippen molar-refractivity contribution in [2.45, 2.75) is 38.2 Å². The lowest BCUT2D eigenvalue weighted by Gasteiger charge is -2.32. The van der Waals surface area contributed by atoms with Gasteiger partial charge in [-0.15, -0.1) is 0 Å². The minimum absolute atomic E-state index is 0.0242. The number of carbonyl (C=O) groups is 2. The lowest BCUT2D eigenvalue weighted by atomic mass is 9.89. The second kappa shape index (κ2) is 8.38. The molecule has 0 radical (unpaired) electrons. The highest BCUT2D eigenvalue weighted by atomic mass is 16.5. The number of aromatic nitrogens is 1. The third-order valence-electron chi connectivity index (χ3n) is 5.84. The van der Waals surface area contributed by atoms with Gasteiger partial charge in [-0.25, -0.2) is 9.78 Å². The highest BCUT2D eigenvalue weighted by Crippen LogP contribution is 2.30. The van der Waals surface area contributed by atoms with Gasteiger partial charge in [0.15, 0.2) is 5.60 Å². The molecule has 2 heterocycles. The van der Waals surface area contributed by atoms with Gasteiger partial charge in [-0.1, -0.05) is 36.4 Å². The maximum absolute atomic E-state index is 12.9. The zero-order valence-electron chi connectivity index (χ0n) is 17.7. The predicted octanol–water partition coefficient (Wildman–Crippen LogP) is 4.50. The first-order valence-electron chi connectivity index (χ1n) is 10.5. The van der Waals surface area contributed by atoms with Crippen molar-refractivity contribution in [3.8, 4) is 5.75 Å². The molecular weight excluding hydrogens is 392 g/mol. The number of nitrogens with zero attached hydrogens (tertiary/aromatic N) is 2. The van der Waals surface area contributed by atoms with E-state index in [4.69, 9.17) is 4.74 Å². The van der Waals surface area contributed by atoms with Crippen LogP contribution in [-0.4, -0.2) is 45.6 Å². The van der Waals surface area contributed by atoms with E-state index in [0.29, 0.717) is 30.5 Å². The molecule has 1 saturated heterocycles. The number of hydrogen-bond acceptors (Lipinski definition) is 4. The van der Waals surface area contributed by atoms with Gasteiger partial charge in [0.05, 0.1) is 5.52 Å². The van der Waals surface area contributed by atoms with Crippen LogP contribution in [0.15, 0.2) is 60.7 Å². The van der Waals surface area contributed by atoms with E-state index < -0.39 is 11.6 Å². The van der Waals surface area contributed by atoms with E-state index in [1.165, 1.54) is 19.4 Å². The molecule has 4 rings (SSSR count). The first kappa shape index (κ1) is 20.8. The molecule has 6 heteroatoms. The van der Waals surface area contributed by atoms with Gasteiger partial charge < -0.3 is 14.7 Å². The van der Waals surface area contributed by atoms with Crippen molar-refractivity contribution in [1.29, 1.82) is 0 Å². The number of rotatable bonds is 5. The van der Waals surface area contributed by atoms with E-state index in [0.717, 1.165) is 23.7 Å². The van der Waals surface area contributed by atoms with Crippen molar-refractivity contribution in [3.63, 3.8) is 0 Å². The van der Waals surface area contributed by atoms with Crippen molar-refractivity contribution in [2.24, 2.45) is 0 Å². The first-order chi connectivity index (χ1) is 14.8. The van der Waals surface area contributed by atoms with Crippen LogP contribution in [0.2, 0.25) is 0 Å². The molecule has 160 valence electrons. The minimum Gasteiger partial charge on any atom is -0.478 e. The second-order valence-electron chi connectivity index (χ2n) is 8.44. The van der Waals surface area contributed by atoms with Gasteiger partial charge in [-0.3, -0.25) is 4.79 Å². The Balaban J connectivity index is 1.37. The number of carbonyl (C=O) groups excluding carboxylic acids is 1. The van der Waals surface area contributed by atoms with Crippen LogP contribution in [-0.2, 0) is 4.79 Å². The van der Waals surface area contributed by atoms with Gasteiger partial charge in [-0.2, -0.15) is 0 Å². The van der Waals surface area contributed by atoms with Crippen LogP contribution in [0, 0.1) is 0 Å². The van der Waals surface area contributed by atoms with E-state index in [1.807, 2.05) is 59.5 Å². The Morgan fingerprint density at radius 2 is 1.68 bits per heavy atom. The molecule has 3 aromatic rings. The summed E-state index contributed by atoms with van der Waals surface area (Å²) in [6.07, 6.45) is 1.75. The molecule has 1 aliphatic rings. The van der Waals surface area contributed by atoms with Gasteiger partial charge in [0.25, 0.3) is 5.91 Å². The van der Waals surface area contributed by atoms with Gasteiger partial charge >= 0.3 is 5.97 Å². The van der Waals surface area contributed by atoms with Crippen LogP contribution >= 0.6 is 0 Å². The molecule has 0 atom stereocenters. The molecule has 1 N–H and O–H groups in total. The van der Waals surface area contributed by atoms with E-state index in [-0.39, 0.29) is 5.91 Å². The van der Waals surface area contributed by atoms with Gasteiger partial charge in [0.1, 0.15) is 11.4 Å². The molecular formula is C25H26N2O4. The fraction of sp³-hybridized carbons (Fsp3) is 0.320. The fourth-order valence-corrected chi connectivity index (χ4v) is 3.91. The molecule has 0 bridgehead atoms. The topological polar surface area (TPSA) is 79.7 Å². The highest BCUT2D eigenvalue weighted by molar-refractivity contribution is 5.95. The monoisotopic (exact) mass is 418 g/mol. The van der Waals surface area contributed by atoms with Crippen molar-refractivity contribution < 1.29 is 19.4 Å². The van der Waals surface area contributed by atoms with Crippen molar-refractivity contribution in [3.05, 3.63) is 71.9 Å². The predicted molar refractivity (Wildman–Crippen MR) is 118 cm³/mol. The average molecular weight is 418 g/mol. The average Bonchev–Trinajstić information content (AvgIpc) is 2.78. The normalized spacial score (nSPS) is 15.1. The summed E-state index contributed by atoms with van der Waals surface area (Å²) in [5.41, 5.74) is 1.22. The molecule has 0 aliphatic carbocycles. The summed E-state index contributed by atoms with van der Waals surface area (Å²) in [4.78, 5) is 30.6. The van der Waals surface area contributed by atoms with Crippen LogP contribution in [0.3, 0.4) is 0 Å². The third-order valence-corrected chi connectivity index (χ3v) is 5.84. The number of para-hydroxylation sites is 1. The quantitative estimate of drug-likeness (QED) is 0.660. The van der Waals surface area contributed by atoms with E-state index in [2.05, 4.69) is 4.98 Å². The van der Waals surface area contributed by atoms with Crippen LogP contribution in [0.25, 0.3) is 10.9 Å². The number of carboxylic acid groups (broad SMARTS) is 1. The summed E-state index contributed by atoms with van der Waals surface area (Å²) in [6.45, 7) is 4.42.